The van der Waals surface area contributed by atoms with E-state index in [2.05, 4.69) is 38.6 Å². The maximum absolute atomic E-state index is 6.50. The summed E-state index contributed by atoms with van der Waals surface area (Å²) >= 11 is 3.56. The minimum Gasteiger partial charge on any atom is -0.327 e. The van der Waals surface area contributed by atoms with Crippen LogP contribution in [0.3, 0.4) is 0 Å². The maximum atomic E-state index is 6.50. The first-order valence-electron chi connectivity index (χ1n) is 7.04. The first kappa shape index (κ1) is 12.6. The lowest BCUT2D eigenvalue weighted by Crippen LogP contribution is -2.32. The van der Waals surface area contributed by atoms with Gasteiger partial charge < -0.3 is 5.73 Å². The molecule has 0 aromatic carbocycles. The first-order valence-corrected chi connectivity index (χ1v) is 8.80. The Morgan fingerprint density at radius 1 is 1.40 bits per heavy atom. The number of aromatic nitrogens is 2. The van der Waals surface area contributed by atoms with Gasteiger partial charge in [-0.25, -0.2) is 4.98 Å². The molecule has 1 aliphatic rings. The number of hydrogen-bond donors (Lipinski definition) is 1. The lowest BCUT2D eigenvalue weighted by Gasteiger charge is -2.27. The highest BCUT2D eigenvalue weighted by atomic mass is 32.1. The summed E-state index contributed by atoms with van der Waals surface area (Å²) in [5.41, 5.74) is 9.12. The number of thiophene rings is 1. The number of fused-ring (bicyclic) bond motifs is 2. The predicted octanol–water partition coefficient (Wildman–Crippen LogP) is 3.45. The van der Waals surface area contributed by atoms with Crippen LogP contribution in [0.2, 0.25) is 0 Å². The molecular formula is C15H17N3S2. The number of aryl methyl sites for hydroxylation is 1. The van der Waals surface area contributed by atoms with E-state index in [9.17, 15) is 0 Å². The van der Waals surface area contributed by atoms with E-state index in [1.165, 1.54) is 24.8 Å². The number of nitrogens with zero attached hydrogens (tertiary/aromatic N) is 2. The molecule has 0 saturated carbocycles. The minimum absolute atomic E-state index is 0.174. The SMILES string of the molecule is NC(Cc1cn2ccsc2n1)C1CCCc2sccc21. The molecule has 2 N–H and O–H groups in total. The Hall–Kier alpha value is -1.17. The summed E-state index contributed by atoms with van der Waals surface area (Å²) < 4.78 is 2.09. The third-order valence-electron chi connectivity index (χ3n) is 4.20. The van der Waals surface area contributed by atoms with E-state index < -0.39 is 0 Å². The summed E-state index contributed by atoms with van der Waals surface area (Å²) in [6.45, 7) is 0. The van der Waals surface area contributed by atoms with Gasteiger partial charge in [-0.3, -0.25) is 4.40 Å². The third kappa shape index (κ3) is 2.10. The number of imidazole rings is 1. The molecule has 3 heterocycles. The standard InChI is InChI=1S/C15H17N3S2/c16-13(8-10-9-18-5-7-20-15(18)17-10)11-2-1-3-14-12(11)4-6-19-14/h4-7,9,11,13H,1-3,8,16H2. The second kappa shape index (κ2) is 4.98. The fraction of sp³-hybridized carbons (Fsp3) is 0.400. The zero-order valence-corrected chi connectivity index (χ0v) is 12.8. The molecule has 20 heavy (non-hydrogen) atoms. The molecule has 104 valence electrons. The van der Waals surface area contributed by atoms with E-state index in [0.717, 1.165) is 17.1 Å². The van der Waals surface area contributed by atoms with Gasteiger partial charge in [0.25, 0.3) is 0 Å². The molecule has 0 saturated heterocycles. The fourth-order valence-electron chi connectivity index (χ4n) is 3.23. The molecule has 4 rings (SSSR count). The van der Waals surface area contributed by atoms with Gasteiger partial charge in [-0.1, -0.05) is 0 Å². The summed E-state index contributed by atoms with van der Waals surface area (Å²) in [6.07, 6.45) is 8.75. The van der Waals surface area contributed by atoms with Crippen molar-refractivity contribution in [3.63, 3.8) is 0 Å². The fourth-order valence-corrected chi connectivity index (χ4v) is 4.94. The van der Waals surface area contributed by atoms with Crippen molar-refractivity contribution in [1.82, 2.24) is 9.38 Å². The highest BCUT2D eigenvalue weighted by Crippen LogP contribution is 2.37. The molecule has 0 bridgehead atoms. The second-order valence-corrected chi connectivity index (χ2v) is 7.36. The monoisotopic (exact) mass is 303 g/mol. The van der Waals surface area contributed by atoms with E-state index in [0.29, 0.717) is 5.92 Å². The highest BCUT2D eigenvalue weighted by molar-refractivity contribution is 7.15. The van der Waals surface area contributed by atoms with Crippen molar-refractivity contribution in [3.8, 4) is 0 Å². The zero-order valence-electron chi connectivity index (χ0n) is 11.2. The van der Waals surface area contributed by atoms with Crippen LogP contribution in [0.1, 0.15) is 34.9 Å². The Morgan fingerprint density at radius 2 is 2.35 bits per heavy atom. The summed E-state index contributed by atoms with van der Waals surface area (Å²) in [4.78, 5) is 7.26. The Labute approximate surface area is 126 Å². The minimum atomic E-state index is 0.174. The van der Waals surface area contributed by atoms with E-state index in [1.54, 1.807) is 16.2 Å². The molecule has 5 heteroatoms. The van der Waals surface area contributed by atoms with Crippen molar-refractivity contribution in [1.29, 1.82) is 0 Å². The van der Waals surface area contributed by atoms with Crippen molar-refractivity contribution in [2.45, 2.75) is 37.6 Å². The van der Waals surface area contributed by atoms with Gasteiger partial charge >= 0.3 is 0 Å². The molecule has 0 radical (unpaired) electrons. The van der Waals surface area contributed by atoms with Crippen molar-refractivity contribution >= 4 is 27.6 Å². The number of hydrogen-bond acceptors (Lipinski definition) is 4. The van der Waals surface area contributed by atoms with E-state index in [1.807, 2.05) is 11.3 Å². The maximum Gasteiger partial charge on any atom is 0.193 e. The molecule has 1 aliphatic carbocycles. The van der Waals surface area contributed by atoms with Crippen LogP contribution in [-0.4, -0.2) is 15.4 Å². The summed E-state index contributed by atoms with van der Waals surface area (Å²) in [5.74, 6) is 0.504. The van der Waals surface area contributed by atoms with Crippen LogP contribution >= 0.6 is 22.7 Å². The van der Waals surface area contributed by atoms with Crippen LogP contribution in [-0.2, 0) is 12.8 Å². The van der Waals surface area contributed by atoms with Crippen LogP contribution in [0.15, 0.2) is 29.2 Å². The lowest BCUT2D eigenvalue weighted by atomic mass is 9.81. The molecule has 0 fully saturated rings. The Bertz CT molecular complexity index is 696. The van der Waals surface area contributed by atoms with Crippen LogP contribution in [0.4, 0.5) is 0 Å². The molecule has 3 nitrogen and oxygen atoms in total. The number of nitrogens with two attached hydrogens (primary N) is 1. The van der Waals surface area contributed by atoms with Crippen molar-refractivity contribution in [2.75, 3.05) is 0 Å². The summed E-state index contributed by atoms with van der Waals surface area (Å²) in [5, 5.41) is 4.27. The Morgan fingerprint density at radius 3 is 3.25 bits per heavy atom. The molecule has 0 amide bonds. The number of thiazole rings is 1. The normalized spacial score (nSPS) is 20.1. The van der Waals surface area contributed by atoms with Crippen LogP contribution in [0.5, 0.6) is 0 Å². The largest absolute Gasteiger partial charge is 0.327 e. The van der Waals surface area contributed by atoms with E-state index >= 15 is 0 Å². The second-order valence-electron chi connectivity index (χ2n) is 5.49. The van der Waals surface area contributed by atoms with Crippen molar-refractivity contribution < 1.29 is 0 Å². The van der Waals surface area contributed by atoms with Gasteiger partial charge in [0.1, 0.15) is 0 Å². The molecule has 3 aromatic heterocycles. The van der Waals surface area contributed by atoms with Gasteiger partial charge in [0, 0.05) is 41.0 Å². The average molecular weight is 303 g/mol. The van der Waals surface area contributed by atoms with Gasteiger partial charge in [-0.05, 0) is 36.3 Å². The Balaban J connectivity index is 1.56. The van der Waals surface area contributed by atoms with Crippen LogP contribution in [0.25, 0.3) is 4.96 Å². The van der Waals surface area contributed by atoms with E-state index in [-0.39, 0.29) is 6.04 Å². The van der Waals surface area contributed by atoms with E-state index in [4.69, 9.17) is 5.73 Å². The highest BCUT2D eigenvalue weighted by Gasteiger charge is 2.27. The zero-order chi connectivity index (χ0) is 13.5. The molecule has 0 spiro atoms. The van der Waals surface area contributed by atoms with Crippen molar-refractivity contribution in [2.24, 2.45) is 5.73 Å². The average Bonchev–Trinajstić information content (AvgIpc) is 3.11. The van der Waals surface area contributed by atoms with Gasteiger partial charge in [0.2, 0.25) is 0 Å². The molecule has 2 atom stereocenters. The molecule has 2 unspecified atom stereocenters. The predicted molar refractivity (Wildman–Crippen MR) is 84.7 cm³/mol. The van der Waals surface area contributed by atoms with Gasteiger partial charge in [-0.15, -0.1) is 22.7 Å². The first-order chi connectivity index (χ1) is 9.81. The van der Waals surface area contributed by atoms with Crippen LogP contribution < -0.4 is 5.73 Å². The quantitative estimate of drug-likeness (QED) is 0.805. The molecular weight excluding hydrogens is 286 g/mol. The van der Waals surface area contributed by atoms with Crippen molar-refractivity contribution in [3.05, 3.63) is 45.4 Å². The van der Waals surface area contributed by atoms with Gasteiger partial charge in [0.15, 0.2) is 4.96 Å². The Kier molecular flexibility index (Phi) is 3.13. The third-order valence-corrected chi connectivity index (χ3v) is 5.97. The topological polar surface area (TPSA) is 43.3 Å². The smallest absolute Gasteiger partial charge is 0.193 e. The van der Waals surface area contributed by atoms with Gasteiger partial charge in [-0.2, -0.15) is 0 Å². The summed E-state index contributed by atoms with van der Waals surface area (Å²) in [6, 6.07) is 2.45. The van der Waals surface area contributed by atoms with Crippen LogP contribution in [0, 0.1) is 0 Å². The molecule has 0 aliphatic heterocycles. The van der Waals surface area contributed by atoms with Gasteiger partial charge in [0.05, 0.1) is 5.69 Å². The summed E-state index contributed by atoms with van der Waals surface area (Å²) in [7, 11) is 0. The lowest BCUT2D eigenvalue weighted by molar-refractivity contribution is 0.461. The number of rotatable bonds is 3. The molecule has 3 aromatic rings.